The highest BCUT2D eigenvalue weighted by atomic mass is 16.5. The molecule has 1 aliphatic rings. The van der Waals surface area contributed by atoms with Gasteiger partial charge in [0.2, 0.25) is 0 Å². The Morgan fingerprint density at radius 1 is 1.08 bits per heavy atom. The SMILES string of the molecule is O=C(O)CC(O)(CC(=O)OC1Cc2cccc3cccc1c23)C(=O)O. The van der Waals surface area contributed by atoms with Crippen molar-refractivity contribution in [3.63, 3.8) is 0 Å². The van der Waals surface area contributed by atoms with Crippen molar-refractivity contribution in [1.82, 2.24) is 0 Å². The Balaban J connectivity index is 1.78. The van der Waals surface area contributed by atoms with Gasteiger partial charge in [0.1, 0.15) is 6.10 Å². The molecule has 2 aromatic rings. The average Bonchev–Trinajstić information content (AvgIpc) is 2.86. The van der Waals surface area contributed by atoms with Gasteiger partial charge in [-0.15, -0.1) is 0 Å². The number of rotatable bonds is 6. The van der Waals surface area contributed by atoms with E-state index in [1.165, 1.54) is 0 Å². The van der Waals surface area contributed by atoms with E-state index in [2.05, 4.69) is 0 Å². The van der Waals surface area contributed by atoms with E-state index in [1.54, 1.807) is 0 Å². The molecular formula is C18H16O7. The van der Waals surface area contributed by atoms with Crippen LogP contribution in [0.1, 0.15) is 30.1 Å². The summed E-state index contributed by atoms with van der Waals surface area (Å²) in [6, 6.07) is 11.4. The molecule has 3 rings (SSSR count). The molecule has 2 unspecified atom stereocenters. The van der Waals surface area contributed by atoms with Gasteiger partial charge in [-0.1, -0.05) is 36.4 Å². The molecule has 7 nitrogen and oxygen atoms in total. The van der Waals surface area contributed by atoms with E-state index in [9.17, 15) is 19.5 Å². The number of aliphatic hydroxyl groups is 1. The third-order valence-electron chi connectivity index (χ3n) is 4.33. The third kappa shape index (κ3) is 3.18. The smallest absolute Gasteiger partial charge is 0.336 e. The Kier molecular flexibility index (Phi) is 4.18. The Labute approximate surface area is 142 Å². The third-order valence-corrected chi connectivity index (χ3v) is 4.33. The van der Waals surface area contributed by atoms with Gasteiger partial charge in [-0.2, -0.15) is 0 Å². The fourth-order valence-corrected chi connectivity index (χ4v) is 3.21. The summed E-state index contributed by atoms with van der Waals surface area (Å²) in [6.45, 7) is 0. The van der Waals surface area contributed by atoms with Crippen LogP contribution >= 0.6 is 0 Å². The summed E-state index contributed by atoms with van der Waals surface area (Å²) >= 11 is 0. The van der Waals surface area contributed by atoms with Crippen LogP contribution in [0.15, 0.2) is 36.4 Å². The number of aliphatic carboxylic acids is 2. The first kappa shape index (κ1) is 16.9. The first-order valence-corrected chi connectivity index (χ1v) is 7.68. The number of esters is 1. The topological polar surface area (TPSA) is 121 Å². The first-order chi connectivity index (χ1) is 11.8. The molecule has 0 amide bonds. The summed E-state index contributed by atoms with van der Waals surface area (Å²) in [6.07, 6.45) is -2.15. The minimum Gasteiger partial charge on any atom is -0.481 e. The van der Waals surface area contributed by atoms with Crippen molar-refractivity contribution in [2.45, 2.75) is 31.0 Å². The molecular weight excluding hydrogens is 328 g/mol. The van der Waals surface area contributed by atoms with Crippen LogP contribution in [0.5, 0.6) is 0 Å². The largest absolute Gasteiger partial charge is 0.481 e. The molecule has 130 valence electrons. The molecule has 0 bridgehead atoms. The van der Waals surface area contributed by atoms with Crippen molar-refractivity contribution in [3.8, 4) is 0 Å². The van der Waals surface area contributed by atoms with Crippen LogP contribution < -0.4 is 0 Å². The van der Waals surface area contributed by atoms with Crippen LogP contribution in [-0.4, -0.2) is 38.8 Å². The lowest BCUT2D eigenvalue weighted by molar-refractivity contribution is -0.173. The summed E-state index contributed by atoms with van der Waals surface area (Å²) in [5.74, 6) is -4.25. The van der Waals surface area contributed by atoms with Crippen LogP contribution in [-0.2, 0) is 25.5 Å². The van der Waals surface area contributed by atoms with Crippen molar-refractivity contribution >= 4 is 28.7 Å². The zero-order chi connectivity index (χ0) is 18.2. The molecule has 1 aliphatic carbocycles. The quantitative estimate of drug-likeness (QED) is 0.681. The van der Waals surface area contributed by atoms with Gasteiger partial charge in [0, 0.05) is 12.0 Å². The lowest BCUT2D eigenvalue weighted by Crippen LogP contribution is -2.43. The molecule has 0 saturated heterocycles. The molecule has 3 N–H and O–H groups in total. The highest BCUT2D eigenvalue weighted by Crippen LogP contribution is 2.39. The maximum atomic E-state index is 12.1. The second-order valence-electron chi connectivity index (χ2n) is 6.13. The Morgan fingerprint density at radius 3 is 2.40 bits per heavy atom. The minimum atomic E-state index is -2.69. The lowest BCUT2D eigenvalue weighted by Gasteiger charge is -2.22. The maximum Gasteiger partial charge on any atom is 0.336 e. The molecule has 0 spiro atoms. The van der Waals surface area contributed by atoms with Gasteiger partial charge in [-0.05, 0) is 16.3 Å². The van der Waals surface area contributed by atoms with Gasteiger partial charge in [-0.3, -0.25) is 9.59 Å². The van der Waals surface area contributed by atoms with E-state index in [0.29, 0.717) is 6.42 Å². The number of carbonyl (C=O) groups is 3. The number of carboxylic acid groups (broad SMARTS) is 2. The van der Waals surface area contributed by atoms with E-state index in [-0.39, 0.29) is 0 Å². The summed E-state index contributed by atoms with van der Waals surface area (Å²) in [5, 5.41) is 29.7. The van der Waals surface area contributed by atoms with E-state index in [4.69, 9.17) is 14.9 Å². The van der Waals surface area contributed by atoms with Crippen LogP contribution in [0.3, 0.4) is 0 Å². The summed E-state index contributed by atoms with van der Waals surface area (Å²) in [5.41, 5.74) is -0.858. The number of hydrogen-bond donors (Lipinski definition) is 3. The fraction of sp³-hybridized carbons (Fsp3) is 0.278. The van der Waals surface area contributed by atoms with Gasteiger partial charge in [-0.25, -0.2) is 4.79 Å². The van der Waals surface area contributed by atoms with E-state index in [0.717, 1.165) is 21.9 Å². The van der Waals surface area contributed by atoms with Crippen molar-refractivity contribution < 1.29 is 34.4 Å². The van der Waals surface area contributed by atoms with Crippen LogP contribution in [0.4, 0.5) is 0 Å². The zero-order valence-corrected chi connectivity index (χ0v) is 13.1. The van der Waals surface area contributed by atoms with Crippen molar-refractivity contribution in [1.29, 1.82) is 0 Å². The van der Waals surface area contributed by atoms with Gasteiger partial charge < -0.3 is 20.1 Å². The van der Waals surface area contributed by atoms with Crippen LogP contribution in [0.2, 0.25) is 0 Å². The van der Waals surface area contributed by atoms with Gasteiger partial charge >= 0.3 is 17.9 Å². The monoisotopic (exact) mass is 344 g/mol. The normalized spacial score (nSPS) is 17.9. The number of benzene rings is 2. The number of carbonyl (C=O) groups excluding carboxylic acids is 1. The molecule has 0 aromatic heterocycles. The Bertz CT molecular complexity index is 868. The Morgan fingerprint density at radius 2 is 1.76 bits per heavy atom. The van der Waals surface area contributed by atoms with E-state index < -0.39 is 42.5 Å². The Hall–Kier alpha value is -2.93. The molecule has 0 heterocycles. The van der Waals surface area contributed by atoms with Crippen molar-refractivity contribution in [3.05, 3.63) is 47.5 Å². The van der Waals surface area contributed by atoms with Gasteiger partial charge in [0.15, 0.2) is 5.60 Å². The molecule has 0 radical (unpaired) electrons. The zero-order valence-electron chi connectivity index (χ0n) is 13.1. The highest BCUT2D eigenvalue weighted by Gasteiger charge is 2.42. The lowest BCUT2D eigenvalue weighted by atomic mass is 9.96. The predicted octanol–water partition coefficient (Wildman–Crippen LogP) is 1.66. The second kappa shape index (κ2) is 6.18. The predicted molar refractivity (Wildman–Crippen MR) is 85.9 cm³/mol. The summed E-state index contributed by atoms with van der Waals surface area (Å²) in [4.78, 5) is 34.0. The van der Waals surface area contributed by atoms with Crippen LogP contribution in [0, 0.1) is 0 Å². The number of carboxylic acids is 2. The second-order valence-corrected chi connectivity index (χ2v) is 6.13. The molecule has 0 saturated carbocycles. The van der Waals surface area contributed by atoms with Gasteiger partial charge in [0.25, 0.3) is 0 Å². The molecule has 7 heteroatoms. The highest BCUT2D eigenvalue weighted by molar-refractivity contribution is 5.92. The van der Waals surface area contributed by atoms with Crippen LogP contribution in [0.25, 0.3) is 10.8 Å². The summed E-state index contributed by atoms with van der Waals surface area (Å²) < 4.78 is 5.36. The van der Waals surface area contributed by atoms with Gasteiger partial charge in [0.05, 0.1) is 12.8 Å². The summed E-state index contributed by atoms with van der Waals surface area (Å²) in [7, 11) is 0. The molecule has 25 heavy (non-hydrogen) atoms. The molecule has 2 atom stereocenters. The number of hydrogen-bond acceptors (Lipinski definition) is 5. The number of ether oxygens (including phenoxy) is 1. The van der Waals surface area contributed by atoms with E-state index in [1.807, 2.05) is 36.4 Å². The molecule has 0 aliphatic heterocycles. The first-order valence-electron chi connectivity index (χ1n) is 7.68. The van der Waals surface area contributed by atoms with Crippen molar-refractivity contribution in [2.24, 2.45) is 0 Å². The standard InChI is InChI=1S/C18H16O7/c19-14(20)8-18(24,17(22)23)9-15(21)25-13-7-11-5-1-3-10-4-2-6-12(13)16(10)11/h1-6,13,24H,7-9H2,(H,19,20)(H,22,23). The maximum absolute atomic E-state index is 12.1. The van der Waals surface area contributed by atoms with E-state index >= 15 is 0 Å². The fourth-order valence-electron chi connectivity index (χ4n) is 3.21. The minimum absolute atomic E-state index is 0.451. The van der Waals surface area contributed by atoms with Crippen molar-refractivity contribution in [2.75, 3.05) is 0 Å². The average molecular weight is 344 g/mol. The molecule has 2 aromatic carbocycles. The molecule has 0 fully saturated rings.